The molecule has 1 aromatic rings. The summed E-state index contributed by atoms with van der Waals surface area (Å²) >= 11 is 0. The molecule has 0 spiro atoms. The van der Waals surface area contributed by atoms with Crippen LogP contribution in [0.1, 0.15) is 50.6 Å². The minimum atomic E-state index is -0.121. The van der Waals surface area contributed by atoms with E-state index in [9.17, 15) is 0 Å². The topological polar surface area (TPSA) is 74.2 Å². The van der Waals surface area contributed by atoms with E-state index in [1.165, 1.54) is 0 Å². The van der Waals surface area contributed by atoms with E-state index in [2.05, 4.69) is 24.0 Å². The van der Waals surface area contributed by atoms with Crippen LogP contribution in [0.3, 0.4) is 0 Å². The Balaban J connectivity index is 2.11. The molecule has 2 rings (SSSR count). The first kappa shape index (κ1) is 11.5. The molecule has 1 aromatic heterocycles. The summed E-state index contributed by atoms with van der Waals surface area (Å²) < 4.78 is 10.5. The van der Waals surface area contributed by atoms with E-state index < -0.39 is 0 Å². The Labute approximate surface area is 95.3 Å². The van der Waals surface area contributed by atoms with Crippen molar-refractivity contribution in [2.75, 3.05) is 7.11 Å². The highest BCUT2D eigenvalue weighted by molar-refractivity contribution is 5.00. The summed E-state index contributed by atoms with van der Waals surface area (Å²) in [6.07, 6.45) is 2.21. The van der Waals surface area contributed by atoms with Gasteiger partial charge in [0.1, 0.15) is 6.10 Å². The minimum Gasteiger partial charge on any atom is -0.373 e. The van der Waals surface area contributed by atoms with Gasteiger partial charge in [0.05, 0.1) is 6.04 Å². The Kier molecular flexibility index (Phi) is 3.25. The lowest BCUT2D eigenvalue weighted by Gasteiger charge is -2.14. The van der Waals surface area contributed by atoms with Gasteiger partial charge in [-0.05, 0) is 24.7 Å². The SMILES string of the molecule is COC(c1noc(C(N)C2CC2)n1)C(C)C. The van der Waals surface area contributed by atoms with Gasteiger partial charge in [-0.3, -0.25) is 0 Å². The highest BCUT2D eigenvalue weighted by Crippen LogP contribution is 2.39. The van der Waals surface area contributed by atoms with Gasteiger partial charge in [0.25, 0.3) is 0 Å². The van der Waals surface area contributed by atoms with Crippen LogP contribution in [-0.4, -0.2) is 17.3 Å². The number of nitrogens with zero attached hydrogens (tertiary/aromatic N) is 2. The van der Waals surface area contributed by atoms with Crippen LogP contribution in [0.4, 0.5) is 0 Å². The third-order valence-corrected chi connectivity index (χ3v) is 2.99. The summed E-state index contributed by atoms with van der Waals surface area (Å²) in [7, 11) is 1.65. The second kappa shape index (κ2) is 4.51. The molecule has 0 saturated heterocycles. The molecule has 0 aliphatic heterocycles. The van der Waals surface area contributed by atoms with E-state index in [0.717, 1.165) is 12.8 Å². The van der Waals surface area contributed by atoms with E-state index in [4.69, 9.17) is 15.0 Å². The van der Waals surface area contributed by atoms with Crippen LogP contribution >= 0.6 is 0 Å². The molecule has 5 heteroatoms. The zero-order chi connectivity index (χ0) is 11.7. The van der Waals surface area contributed by atoms with Gasteiger partial charge in [0.15, 0.2) is 0 Å². The fraction of sp³-hybridized carbons (Fsp3) is 0.818. The van der Waals surface area contributed by atoms with E-state index in [-0.39, 0.29) is 12.1 Å². The fourth-order valence-corrected chi connectivity index (χ4v) is 1.83. The lowest BCUT2D eigenvalue weighted by atomic mass is 10.1. The van der Waals surface area contributed by atoms with Gasteiger partial charge in [-0.15, -0.1) is 0 Å². The monoisotopic (exact) mass is 225 g/mol. The predicted octanol–water partition coefficient (Wildman–Crippen LogP) is 1.82. The van der Waals surface area contributed by atoms with Crippen LogP contribution in [0.15, 0.2) is 4.52 Å². The van der Waals surface area contributed by atoms with Crippen molar-refractivity contribution in [3.05, 3.63) is 11.7 Å². The molecule has 1 saturated carbocycles. The summed E-state index contributed by atoms with van der Waals surface area (Å²) in [6, 6.07) is -0.106. The molecule has 0 bridgehead atoms. The number of nitrogens with two attached hydrogens (primary N) is 1. The lowest BCUT2D eigenvalue weighted by Crippen LogP contribution is -2.14. The molecule has 1 heterocycles. The first-order valence-corrected chi connectivity index (χ1v) is 5.75. The van der Waals surface area contributed by atoms with Crippen LogP contribution in [0.25, 0.3) is 0 Å². The fourth-order valence-electron chi connectivity index (χ4n) is 1.83. The predicted molar refractivity (Wildman–Crippen MR) is 58.5 cm³/mol. The van der Waals surface area contributed by atoms with Gasteiger partial charge in [0.2, 0.25) is 11.7 Å². The summed E-state index contributed by atoms with van der Waals surface area (Å²) in [5, 5.41) is 3.95. The minimum absolute atomic E-state index is 0.106. The van der Waals surface area contributed by atoms with Crippen molar-refractivity contribution in [2.24, 2.45) is 17.6 Å². The molecule has 2 atom stereocenters. The van der Waals surface area contributed by atoms with E-state index in [1.807, 2.05) is 0 Å². The van der Waals surface area contributed by atoms with Gasteiger partial charge in [-0.25, -0.2) is 0 Å². The number of aromatic nitrogens is 2. The normalized spacial score (nSPS) is 20.1. The number of rotatable bonds is 5. The number of hydrogen-bond donors (Lipinski definition) is 1. The van der Waals surface area contributed by atoms with Crippen LogP contribution in [0.5, 0.6) is 0 Å². The number of ether oxygens (including phenoxy) is 1. The van der Waals surface area contributed by atoms with Crippen molar-refractivity contribution in [2.45, 2.75) is 38.8 Å². The van der Waals surface area contributed by atoms with Crippen molar-refractivity contribution >= 4 is 0 Å². The van der Waals surface area contributed by atoms with Gasteiger partial charge < -0.3 is 15.0 Å². The van der Waals surface area contributed by atoms with Crippen LogP contribution in [0.2, 0.25) is 0 Å². The number of hydrogen-bond acceptors (Lipinski definition) is 5. The molecule has 2 unspecified atom stereocenters. The molecule has 90 valence electrons. The molecule has 16 heavy (non-hydrogen) atoms. The third-order valence-electron chi connectivity index (χ3n) is 2.99. The average Bonchev–Trinajstić information content (AvgIpc) is 2.98. The molecule has 5 nitrogen and oxygen atoms in total. The maximum absolute atomic E-state index is 5.99. The summed E-state index contributed by atoms with van der Waals surface area (Å²) in [5.74, 6) is 1.98. The first-order chi connectivity index (χ1) is 7.63. The van der Waals surface area contributed by atoms with Gasteiger partial charge >= 0.3 is 0 Å². The largest absolute Gasteiger partial charge is 0.373 e. The zero-order valence-corrected chi connectivity index (χ0v) is 10.0. The smallest absolute Gasteiger partial charge is 0.243 e. The molecule has 2 N–H and O–H groups in total. The van der Waals surface area contributed by atoms with Gasteiger partial charge in [0, 0.05) is 7.11 Å². The average molecular weight is 225 g/mol. The van der Waals surface area contributed by atoms with E-state index >= 15 is 0 Å². The molecule has 0 amide bonds. The number of methoxy groups -OCH3 is 1. The van der Waals surface area contributed by atoms with Crippen LogP contribution in [-0.2, 0) is 4.74 Å². The Morgan fingerprint density at radius 2 is 2.12 bits per heavy atom. The van der Waals surface area contributed by atoms with Crippen molar-refractivity contribution in [1.29, 1.82) is 0 Å². The highest BCUT2D eigenvalue weighted by Gasteiger charge is 2.34. The standard InChI is InChI=1S/C11H19N3O2/c1-6(2)9(15-3)10-13-11(16-14-10)8(12)7-4-5-7/h6-9H,4-5,12H2,1-3H3. The van der Waals surface area contributed by atoms with Crippen molar-refractivity contribution in [1.82, 2.24) is 10.1 Å². The van der Waals surface area contributed by atoms with Gasteiger partial charge in [-0.2, -0.15) is 4.98 Å². The maximum atomic E-state index is 5.99. The second-order valence-corrected chi connectivity index (χ2v) is 4.75. The summed E-state index contributed by atoms with van der Waals surface area (Å²) in [4.78, 5) is 4.34. The lowest BCUT2D eigenvalue weighted by molar-refractivity contribution is 0.0555. The molecule has 0 aromatic carbocycles. The second-order valence-electron chi connectivity index (χ2n) is 4.75. The maximum Gasteiger partial charge on any atom is 0.243 e. The molecule has 1 fully saturated rings. The molecule has 1 aliphatic rings. The van der Waals surface area contributed by atoms with Crippen molar-refractivity contribution < 1.29 is 9.26 Å². The van der Waals surface area contributed by atoms with E-state index in [1.54, 1.807) is 7.11 Å². The van der Waals surface area contributed by atoms with Crippen molar-refractivity contribution in [3.63, 3.8) is 0 Å². The molecular formula is C11H19N3O2. The summed E-state index contributed by atoms with van der Waals surface area (Å²) in [6.45, 7) is 4.12. The molecular weight excluding hydrogens is 206 g/mol. The third kappa shape index (κ3) is 2.25. The highest BCUT2D eigenvalue weighted by atomic mass is 16.5. The Bertz CT molecular complexity index is 347. The summed E-state index contributed by atoms with van der Waals surface area (Å²) in [5.41, 5.74) is 5.99. The van der Waals surface area contributed by atoms with Gasteiger partial charge in [-0.1, -0.05) is 19.0 Å². The van der Waals surface area contributed by atoms with Crippen LogP contribution < -0.4 is 5.73 Å². The first-order valence-electron chi connectivity index (χ1n) is 5.75. The van der Waals surface area contributed by atoms with E-state index in [0.29, 0.717) is 23.6 Å². The van der Waals surface area contributed by atoms with Crippen molar-refractivity contribution in [3.8, 4) is 0 Å². The Morgan fingerprint density at radius 3 is 2.62 bits per heavy atom. The Morgan fingerprint density at radius 1 is 1.44 bits per heavy atom. The van der Waals surface area contributed by atoms with Crippen LogP contribution in [0, 0.1) is 11.8 Å². The molecule has 0 radical (unpaired) electrons. The Hall–Kier alpha value is -0.940. The molecule has 1 aliphatic carbocycles. The quantitative estimate of drug-likeness (QED) is 0.827. The zero-order valence-electron chi connectivity index (χ0n) is 10.0.